The second-order valence-corrected chi connectivity index (χ2v) is 5.94. The maximum absolute atomic E-state index is 11.5. The van der Waals surface area contributed by atoms with E-state index in [4.69, 9.17) is 5.73 Å². The topological polar surface area (TPSA) is 74.5 Å². The van der Waals surface area contributed by atoms with Crippen molar-refractivity contribution in [3.05, 3.63) is 24.0 Å². The molecule has 6 heteroatoms. The molecular weight excluding hydrogens is 266 g/mol. The highest BCUT2D eigenvalue weighted by Crippen LogP contribution is 2.25. The van der Waals surface area contributed by atoms with Gasteiger partial charge in [0.25, 0.3) is 5.91 Å². The summed E-state index contributed by atoms with van der Waals surface area (Å²) < 4.78 is 0. The molecular formula is C15H23N5O. The van der Waals surface area contributed by atoms with Crippen LogP contribution in [-0.2, 0) is 0 Å². The molecule has 1 amide bonds. The average Bonchev–Trinajstić information content (AvgIpc) is 2.46. The van der Waals surface area contributed by atoms with E-state index in [1.54, 1.807) is 19.3 Å². The van der Waals surface area contributed by atoms with Crippen LogP contribution in [0.2, 0.25) is 0 Å². The van der Waals surface area contributed by atoms with Crippen molar-refractivity contribution in [1.82, 2.24) is 15.2 Å². The van der Waals surface area contributed by atoms with Crippen molar-refractivity contribution in [2.24, 2.45) is 5.73 Å². The van der Waals surface area contributed by atoms with Crippen molar-refractivity contribution in [2.45, 2.75) is 24.9 Å². The SMILES string of the molecule is CNC(=O)c1ccc(N2CC(N3CCCC(N)C3)C2)cn1. The van der Waals surface area contributed by atoms with Crippen LogP contribution in [0.5, 0.6) is 0 Å². The zero-order chi connectivity index (χ0) is 14.8. The number of hydrogen-bond acceptors (Lipinski definition) is 5. The van der Waals surface area contributed by atoms with Gasteiger partial charge in [0.2, 0.25) is 0 Å². The molecule has 0 radical (unpaired) electrons. The van der Waals surface area contributed by atoms with Gasteiger partial charge in [0, 0.05) is 38.8 Å². The van der Waals surface area contributed by atoms with Crippen molar-refractivity contribution in [1.29, 1.82) is 0 Å². The van der Waals surface area contributed by atoms with Crippen LogP contribution < -0.4 is 16.0 Å². The van der Waals surface area contributed by atoms with Crippen LogP contribution in [-0.4, -0.2) is 61.1 Å². The van der Waals surface area contributed by atoms with E-state index in [0.29, 0.717) is 17.8 Å². The van der Waals surface area contributed by atoms with Gasteiger partial charge in [0.1, 0.15) is 5.69 Å². The summed E-state index contributed by atoms with van der Waals surface area (Å²) in [5.74, 6) is -0.148. The summed E-state index contributed by atoms with van der Waals surface area (Å²) in [7, 11) is 1.61. The van der Waals surface area contributed by atoms with Crippen molar-refractivity contribution >= 4 is 11.6 Å². The lowest BCUT2D eigenvalue weighted by Gasteiger charge is -2.48. The first kappa shape index (κ1) is 14.3. The Balaban J connectivity index is 1.55. The zero-order valence-corrected chi connectivity index (χ0v) is 12.5. The largest absolute Gasteiger partial charge is 0.367 e. The molecule has 21 heavy (non-hydrogen) atoms. The van der Waals surface area contributed by atoms with Crippen molar-refractivity contribution in [2.75, 3.05) is 38.1 Å². The first-order chi connectivity index (χ1) is 10.2. The third-order valence-electron chi connectivity index (χ3n) is 4.44. The summed E-state index contributed by atoms with van der Waals surface area (Å²) in [5, 5.41) is 2.58. The van der Waals surface area contributed by atoms with Crippen LogP contribution in [0.15, 0.2) is 18.3 Å². The number of carbonyl (C=O) groups excluding carboxylic acids is 1. The van der Waals surface area contributed by atoms with E-state index in [1.165, 1.54) is 13.0 Å². The monoisotopic (exact) mass is 289 g/mol. The zero-order valence-electron chi connectivity index (χ0n) is 12.5. The van der Waals surface area contributed by atoms with E-state index in [-0.39, 0.29) is 5.91 Å². The van der Waals surface area contributed by atoms with E-state index >= 15 is 0 Å². The predicted octanol–water partition coefficient (Wildman–Crippen LogP) is 0.0529. The molecule has 0 aromatic carbocycles. The number of rotatable bonds is 3. The van der Waals surface area contributed by atoms with Gasteiger partial charge in [0.15, 0.2) is 0 Å². The van der Waals surface area contributed by atoms with Crippen molar-refractivity contribution in [3.63, 3.8) is 0 Å². The maximum atomic E-state index is 11.5. The third kappa shape index (κ3) is 3.01. The summed E-state index contributed by atoms with van der Waals surface area (Å²) in [6.07, 6.45) is 4.14. The molecule has 1 aromatic heterocycles. The minimum absolute atomic E-state index is 0.148. The summed E-state index contributed by atoms with van der Waals surface area (Å²) >= 11 is 0. The Morgan fingerprint density at radius 1 is 1.38 bits per heavy atom. The second-order valence-electron chi connectivity index (χ2n) is 5.94. The van der Waals surface area contributed by atoms with Gasteiger partial charge in [-0.15, -0.1) is 0 Å². The highest BCUT2D eigenvalue weighted by Gasteiger charge is 2.33. The van der Waals surface area contributed by atoms with Gasteiger partial charge >= 0.3 is 0 Å². The third-order valence-corrected chi connectivity index (χ3v) is 4.44. The van der Waals surface area contributed by atoms with Crippen LogP contribution in [0, 0.1) is 0 Å². The van der Waals surface area contributed by atoms with E-state index in [1.807, 2.05) is 6.07 Å². The number of hydrogen-bond donors (Lipinski definition) is 2. The van der Waals surface area contributed by atoms with Crippen LogP contribution >= 0.6 is 0 Å². The Morgan fingerprint density at radius 2 is 2.19 bits per heavy atom. The fraction of sp³-hybridized carbons (Fsp3) is 0.600. The minimum Gasteiger partial charge on any atom is -0.367 e. The number of nitrogens with zero attached hydrogens (tertiary/aromatic N) is 3. The Bertz CT molecular complexity index is 497. The molecule has 2 aliphatic heterocycles. The Hall–Kier alpha value is -1.66. The normalized spacial score (nSPS) is 23.7. The fourth-order valence-electron chi connectivity index (χ4n) is 3.10. The number of nitrogens with one attached hydrogen (secondary N) is 1. The highest BCUT2D eigenvalue weighted by molar-refractivity contribution is 5.92. The van der Waals surface area contributed by atoms with E-state index in [0.717, 1.165) is 31.7 Å². The molecule has 0 aliphatic carbocycles. The second kappa shape index (κ2) is 5.99. The number of carbonyl (C=O) groups is 1. The standard InChI is InChI=1S/C15H23N5O/c1-17-15(21)14-5-4-12(7-18-14)20-9-13(10-20)19-6-2-3-11(16)8-19/h4-5,7,11,13H,2-3,6,8-10,16H2,1H3,(H,17,21). The molecule has 3 N–H and O–H groups in total. The van der Waals surface area contributed by atoms with Gasteiger partial charge in [-0.1, -0.05) is 0 Å². The Morgan fingerprint density at radius 3 is 2.81 bits per heavy atom. The number of amides is 1. The maximum Gasteiger partial charge on any atom is 0.269 e. The van der Waals surface area contributed by atoms with Crippen molar-refractivity contribution < 1.29 is 4.79 Å². The van der Waals surface area contributed by atoms with Gasteiger partial charge in [-0.3, -0.25) is 9.69 Å². The van der Waals surface area contributed by atoms with Crippen LogP contribution in [0.4, 0.5) is 5.69 Å². The number of piperidine rings is 1. The molecule has 1 aromatic rings. The quantitative estimate of drug-likeness (QED) is 0.822. The minimum atomic E-state index is -0.148. The van der Waals surface area contributed by atoms with Gasteiger partial charge < -0.3 is 16.0 Å². The van der Waals surface area contributed by atoms with Crippen LogP contribution in [0.25, 0.3) is 0 Å². The molecule has 0 saturated carbocycles. The summed E-state index contributed by atoms with van der Waals surface area (Å²) in [5.41, 5.74) is 7.58. The average molecular weight is 289 g/mol. The van der Waals surface area contributed by atoms with Gasteiger partial charge in [0.05, 0.1) is 11.9 Å². The number of aromatic nitrogens is 1. The summed E-state index contributed by atoms with van der Waals surface area (Å²) in [4.78, 5) is 20.5. The highest BCUT2D eigenvalue weighted by atomic mass is 16.1. The molecule has 3 rings (SSSR count). The van der Waals surface area contributed by atoms with Gasteiger partial charge in [-0.2, -0.15) is 0 Å². The molecule has 3 heterocycles. The Kier molecular flexibility index (Phi) is 4.07. The summed E-state index contributed by atoms with van der Waals surface area (Å²) in [6.45, 7) is 4.23. The number of pyridine rings is 1. The lowest BCUT2D eigenvalue weighted by Crippen LogP contribution is -2.62. The molecule has 2 saturated heterocycles. The molecule has 0 bridgehead atoms. The van der Waals surface area contributed by atoms with Gasteiger partial charge in [-0.05, 0) is 31.5 Å². The van der Waals surface area contributed by atoms with E-state index in [9.17, 15) is 4.79 Å². The smallest absolute Gasteiger partial charge is 0.269 e. The van der Waals surface area contributed by atoms with Gasteiger partial charge in [-0.25, -0.2) is 4.98 Å². The lowest BCUT2D eigenvalue weighted by atomic mass is 10.00. The van der Waals surface area contributed by atoms with Crippen LogP contribution in [0.3, 0.4) is 0 Å². The number of nitrogens with two attached hydrogens (primary N) is 1. The molecule has 114 valence electrons. The predicted molar refractivity (Wildman–Crippen MR) is 82.4 cm³/mol. The number of likely N-dealkylation sites (tertiary alicyclic amines) is 1. The molecule has 2 aliphatic rings. The first-order valence-electron chi connectivity index (χ1n) is 7.60. The lowest BCUT2D eigenvalue weighted by molar-refractivity contribution is 0.0958. The number of anilines is 1. The Labute approximate surface area is 125 Å². The van der Waals surface area contributed by atoms with E-state index < -0.39 is 0 Å². The summed E-state index contributed by atoms with van der Waals surface area (Å²) in [6, 6.07) is 4.69. The fourth-order valence-corrected chi connectivity index (χ4v) is 3.10. The molecule has 6 nitrogen and oxygen atoms in total. The molecule has 1 unspecified atom stereocenters. The molecule has 0 spiro atoms. The molecule has 1 atom stereocenters. The molecule has 2 fully saturated rings. The first-order valence-corrected chi connectivity index (χ1v) is 7.60. The van der Waals surface area contributed by atoms with Crippen molar-refractivity contribution in [3.8, 4) is 0 Å². The van der Waals surface area contributed by atoms with Crippen LogP contribution in [0.1, 0.15) is 23.3 Å². The van der Waals surface area contributed by atoms with E-state index in [2.05, 4.69) is 20.1 Å².